The molecule has 33 heavy (non-hydrogen) atoms. The Morgan fingerprint density at radius 1 is 1.00 bits per heavy atom. The van der Waals surface area contributed by atoms with E-state index in [4.69, 9.17) is 19.3 Å². The van der Waals surface area contributed by atoms with E-state index in [1.54, 1.807) is 0 Å². The van der Waals surface area contributed by atoms with E-state index in [1.807, 2.05) is 0 Å². The molecule has 0 aromatic rings. The molecular formula is C22H39O10P. The van der Waals surface area contributed by atoms with Gasteiger partial charge in [0.1, 0.15) is 12.7 Å². The molecule has 0 amide bonds. The van der Waals surface area contributed by atoms with Crippen LogP contribution >= 0.6 is 7.82 Å². The Balaban J connectivity index is 2.60. The van der Waals surface area contributed by atoms with Crippen LogP contribution in [0.4, 0.5) is 0 Å². The quantitative estimate of drug-likeness (QED) is 0.124. The molecule has 192 valence electrons. The predicted octanol–water partition coefficient (Wildman–Crippen LogP) is 4.03. The van der Waals surface area contributed by atoms with Crippen LogP contribution in [0.3, 0.4) is 0 Å². The van der Waals surface area contributed by atoms with Gasteiger partial charge in [-0.25, -0.2) is 9.36 Å². The molecule has 0 aromatic carbocycles. The summed E-state index contributed by atoms with van der Waals surface area (Å²) < 4.78 is 25.0. The minimum atomic E-state index is -5.11. The number of unbranched alkanes of at least 4 members (excludes halogenated alkanes) is 8. The van der Waals surface area contributed by atoms with Crippen LogP contribution in [0.25, 0.3) is 0 Å². The maximum Gasteiger partial charge on any atom is 0.525 e. The first-order chi connectivity index (χ1) is 15.6. The smallest absolute Gasteiger partial charge is 0.505 e. The van der Waals surface area contributed by atoms with E-state index in [9.17, 15) is 24.4 Å². The van der Waals surface area contributed by atoms with Crippen molar-refractivity contribution >= 4 is 19.8 Å². The average molecular weight is 495 g/mol. The van der Waals surface area contributed by atoms with Gasteiger partial charge in [-0.1, -0.05) is 78.1 Å². The largest absolute Gasteiger partial charge is 0.525 e. The fourth-order valence-electron chi connectivity index (χ4n) is 3.66. The Kier molecular flexibility index (Phi) is 13.7. The Hall–Kier alpha value is -1.61. The van der Waals surface area contributed by atoms with Gasteiger partial charge in [0, 0.05) is 0 Å². The minimum Gasteiger partial charge on any atom is -0.505 e. The highest BCUT2D eigenvalue weighted by molar-refractivity contribution is 7.46. The molecule has 1 heterocycles. The summed E-state index contributed by atoms with van der Waals surface area (Å²) in [6, 6.07) is 0. The van der Waals surface area contributed by atoms with Crippen molar-refractivity contribution in [1.29, 1.82) is 0 Å². The second kappa shape index (κ2) is 15.3. The topological polar surface area (TPSA) is 160 Å². The third kappa shape index (κ3) is 11.4. The number of rotatable bonds is 18. The molecule has 1 rings (SSSR count). The van der Waals surface area contributed by atoms with Crippen molar-refractivity contribution in [2.75, 3.05) is 6.61 Å². The number of hydrogen-bond acceptors (Lipinski definition) is 8. The van der Waals surface area contributed by atoms with Gasteiger partial charge in [-0.05, 0) is 12.8 Å². The summed E-state index contributed by atoms with van der Waals surface area (Å²) in [4.78, 5) is 42.0. The third-order valence-electron chi connectivity index (χ3n) is 5.52. The molecule has 10 nitrogen and oxygen atoms in total. The normalized spacial score (nSPS) is 18.2. The number of ether oxygens (including phenoxy) is 2. The highest BCUT2D eigenvalue weighted by Crippen LogP contribution is 2.42. The van der Waals surface area contributed by atoms with Gasteiger partial charge in [0.05, 0.1) is 5.92 Å². The molecule has 0 bridgehead atoms. The molecule has 3 unspecified atom stereocenters. The van der Waals surface area contributed by atoms with E-state index in [-0.39, 0.29) is 5.92 Å². The van der Waals surface area contributed by atoms with E-state index < -0.39 is 50.1 Å². The monoisotopic (exact) mass is 494 g/mol. The van der Waals surface area contributed by atoms with Gasteiger partial charge >= 0.3 is 19.8 Å². The van der Waals surface area contributed by atoms with E-state index in [0.717, 1.165) is 44.9 Å². The fourth-order valence-corrected chi connectivity index (χ4v) is 4.07. The van der Waals surface area contributed by atoms with E-state index in [2.05, 4.69) is 18.4 Å². The molecular weight excluding hydrogens is 455 g/mol. The van der Waals surface area contributed by atoms with E-state index >= 15 is 0 Å². The molecule has 0 fully saturated rings. The van der Waals surface area contributed by atoms with Crippen LogP contribution in [0.1, 0.15) is 90.9 Å². The zero-order valence-electron chi connectivity index (χ0n) is 19.6. The van der Waals surface area contributed by atoms with Crippen molar-refractivity contribution in [3.8, 4) is 0 Å². The molecule has 4 N–H and O–H groups in total. The van der Waals surface area contributed by atoms with Crippen LogP contribution in [0, 0.1) is 5.92 Å². The van der Waals surface area contributed by atoms with Crippen LogP contribution in [-0.4, -0.2) is 50.8 Å². The van der Waals surface area contributed by atoms with E-state index in [1.165, 1.54) is 19.3 Å². The number of carbonyl (C=O) groups is 2. The van der Waals surface area contributed by atoms with Gasteiger partial charge in [0.25, 0.3) is 5.76 Å². The Morgan fingerprint density at radius 2 is 1.52 bits per heavy atom. The van der Waals surface area contributed by atoms with E-state index in [0.29, 0.717) is 12.8 Å². The van der Waals surface area contributed by atoms with Crippen molar-refractivity contribution < 1.29 is 48.2 Å². The molecule has 1 aliphatic rings. The first-order valence-electron chi connectivity index (χ1n) is 11.8. The maximum absolute atomic E-state index is 12.6. The maximum atomic E-state index is 12.6. The molecule has 0 saturated carbocycles. The number of phosphoric acid groups is 1. The minimum absolute atomic E-state index is 0.302. The van der Waals surface area contributed by atoms with Gasteiger partial charge in [-0.3, -0.25) is 14.6 Å². The lowest BCUT2D eigenvalue weighted by molar-refractivity contribution is -0.158. The highest BCUT2D eigenvalue weighted by atomic mass is 31.2. The Bertz CT molecular complexity index is 687. The Morgan fingerprint density at radius 3 is 2.06 bits per heavy atom. The van der Waals surface area contributed by atoms with Crippen molar-refractivity contribution in [2.24, 2.45) is 5.92 Å². The summed E-state index contributed by atoms with van der Waals surface area (Å²) in [6.45, 7) is 3.72. The standard InChI is InChI=1S/C22H39O10P/c1-3-5-7-9-10-12-14-16(13-11-8-6-4-2)21(25)30-15-17(23)19-18(24)20(22(26)31-19)32-33(27,28)29/h16-17,19,23-24H,3-15H2,1-2H3,(H2,27,28,29). The second-order valence-electron chi connectivity index (χ2n) is 8.42. The summed E-state index contributed by atoms with van der Waals surface area (Å²) in [5.74, 6) is -4.13. The lowest BCUT2D eigenvalue weighted by Crippen LogP contribution is -2.34. The molecule has 3 atom stereocenters. The summed E-state index contributed by atoms with van der Waals surface area (Å²) in [6.07, 6.45) is 8.85. The number of hydrogen-bond donors (Lipinski definition) is 4. The van der Waals surface area contributed by atoms with Crippen molar-refractivity contribution in [3.05, 3.63) is 11.5 Å². The second-order valence-corrected chi connectivity index (χ2v) is 9.59. The molecule has 1 aliphatic heterocycles. The van der Waals surface area contributed by atoms with Crippen molar-refractivity contribution in [1.82, 2.24) is 0 Å². The fraction of sp³-hybridized carbons (Fsp3) is 0.818. The van der Waals surface area contributed by atoms with Gasteiger partial charge in [0.15, 0.2) is 11.9 Å². The Labute approximate surface area is 195 Å². The van der Waals surface area contributed by atoms with Crippen LogP contribution < -0.4 is 0 Å². The van der Waals surface area contributed by atoms with Gasteiger partial charge in [-0.15, -0.1) is 0 Å². The number of esters is 2. The van der Waals surface area contributed by atoms with Crippen molar-refractivity contribution in [2.45, 2.75) is 103 Å². The van der Waals surface area contributed by atoms with Crippen molar-refractivity contribution in [3.63, 3.8) is 0 Å². The highest BCUT2D eigenvalue weighted by Gasteiger charge is 2.43. The van der Waals surface area contributed by atoms with Crippen LogP contribution in [0.15, 0.2) is 11.5 Å². The molecule has 0 saturated heterocycles. The van der Waals surface area contributed by atoms with Crippen LogP contribution in [0.5, 0.6) is 0 Å². The number of phosphoric ester groups is 1. The lowest BCUT2D eigenvalue weighted by Gasteiger charge is -2.20. The van der Waals surface area contributed by atoms with Crippen LogP contribution in [-0.2, 0) is 28.2 Å². The van der Waals surface area contributed by atoms with Gasteiger partial charge < -0.3 is 24.2 Å². The van der Waals surface area contributed by atoms with Gasteiger partial charge in [0.2, 0.25) is 0 Å². The molecule has 0 aromatic heterocycles. The summed E-state index contributed by atoms with van der Waals surface area (Å²) in [7, 11) is -5.11. The predicted molar refractivity (Wildman–Crippen MR) is 120 cm³/mol. The summed E-state index contributed by atoms with van der Waals surface area (Å²) >= 11 is 0. The number of cyclic esters (lactones) is 1. The summed E-state index contributed by atoms with van der Waals surface area (Å²) in [5.41, 5.74) is 0. The molecule has 0 spiro atoms. The SMILES string of the molecule is CCCCCCCCC(CCCCCC)C(=O)OCC(O)C1OC(=O)C(OP(=O)(O)O)=C1O. The van der Waals surface area contributed by atoms with Gasteiger partial charge in [-0.2, -0.15) is 0 Å². The lowest BCUT2D eigenvalue weighted by atomic mass is 9.94. The first kappa shape index (κ1) is 29.4. The summed E-state index contributed by atoms with van der Waals surface area (Å²) in [5, 5.41) is 20.2. The number of aliphatic hydroxyl groups excluding tert-OH is 2. The molecule has 0 radical (unpaired) electrons. The molecule has 0 aliphatic carbocycles. The number of carbonyl (C=O) groups excluding carboxylic acids is 2. The molecule has 11 heteroatoms. The first-order valence-corrected chi connectivity index (χ1v) is 13.4. The average Bonchev–Trinajstić information content (AvgIpc) is 3.02. The zero-order valence-corrected chi connectivity index (χ0v) is 20.5. The van der Waals surface area contributed by atoms with Crippen LogP contribution in [0.2, 0.25) is 0 Å². The third-order valence-corrected chi connectivity index (χ3v) is 5.94. The number of aliphatic hydroxyl groups is 2. The zero-order chi connectivity index (χ0) is 24.9.